The van der Waals surface area contributed by atoms with Gasteiger partial charge in [0.15, 0.2) is 0 Å². The third-order valence-corrected chi connectivity index (χ3v) is 1.65. The van der Waals surface area contributed by atoms with Gasteiger partial charge >= 0.3 is 0 Å². The lowest BCUT2D eigenvalue weighted by atomic mass is 10.2. The molecule has 0 spiro atoms. The van der Waals surface area contributed by atoms with Crippen molar-refractivity contribution in [2.45, 2.75) is 25.2 Å². The Morgan fingerprint density at radius 1 is 1.57 bits per heavy atom. The van der Waals surface area contributed by atoms with Crippen molar-refractivity contribution in [2.24, 2.45) is 5.73 Å². The van der Waals surface area contributed by atoms with Gasteiger partial charge in [0.05, 0.1) is 13.1 Å². The Hall–Kier alpha value is -0.970. The highest BCUT2D eigenvalue weighted by Gasteiger charge is 2.26. The summed E-state index contributed by atoms with van der Waals surface area (Å²) in [6.45, 7) is 2.05. The van der Waals surface area contributed by atoms with E-state index in [0.717, 1.165) is 0 Å². The average Bonchev–Trinajstić information content (AvgIpc) is 2.16. The lowest BCUT2D eigenvalue weighted by molar-refractivity contribution is -0.122. The number of alkyl halides is 2. The summed E-state index contributed by atoms with van der Waals surface area (Å²) in [4.78, 5) is 11.0. The molecule has 0 aromatic rings. The van der Waals surface area contributed by atoms with Crippen LogP contribution >= 0.6 is 0 Å². The Morgan fingerprint density at radius 2 is 2.21 bits per heavy atom. The maximum atomic E-state index is 12.5. The second-order valence-corrected chi connectivity index (χ2v) is 3.02. The van der Waals surface area contributed by atoms with E-state index < -0.39 is 19.0 Å². The number of carbonyl (C=O) groups excluding carboxylic acids is 1. The van der Waals surface area contributed by atoms with Crippen LogP contribution < -0.4 is 11.1 Å². The maximum Gasteiger partial charge on any atom is 0.277 e. The lowest BCUT2D eigenvalue weighted by Crippen LogP contribution is -2.41. The van der Waals surface area contributed by atoms with Crippen LogP contribution in [0.25, 0.3) is 0 Å². The molecule has 0 aliphatic rings. The fraction of sp³-hybridized carbons (Fsp3) is 0.667. The fourth-order valence-electron chi connectivity index (χ4n) is 0.795. The molecule has 14 heavy (non-hydrogen) atoms. The molecule has 0 heterocycles. The molecule has 0 unspecified atom stereocenters. The van der Waals surface area contributed by atoms with Gasteiger partial charge in [-0.2, -0.15) is 0 Å². The molecule has 0 saturated heterocycles. The normalized spacial score (nSPS) is 11.1. The summed E-state index contributed by atoms with van der Waals surface area (Å²) in [5.41, 5.74) is 4.80. The van der Waals surface area contributed by atoms with Crippen molar-refractivity contribution in [1.82, 2.24) is 5.32 Å². The first-order valence-electron chi connectivity index (χ1n) is 4.47. The smallest absolute Gasteiger partial charge is 0.277 e. The van der Waals surface area contributed by atoms with E-state index in [1.54, 1.807) is 6.08 Å². The molecule has 3 N–H and O–H groups in total. The summed E-state index contributed by atoms with van der Waals surface area (Å²) < 4.78 is 25.1. The molecule has 1 amide bonds. The van der Waals surface area contributed by atoms with E-state index >= 15 is 0 Å². The minimum atomic E-state index is -3.01. The first-order chi connectivity index (χ1) is 6.52. The SMILES string of the molecule is C=CCCCC(=O)NCC(F)(F)CN. The Labute approximate surface area is 82.4 Å². The third kappa shape index (κ3) is 6.54. The molecule has 82 valence electrons. The Bertz CT molecular complexity index is 195. The van der Waals surface area contributed by atoms with Crippen LogP contribution in [0.4, 0.5) is 8.78 Å². The summed E-state index contributed by atoms with van der Waals surface area (Å²) in [5.74, 6) is -3.38. The molecule has 0 rings (SSSR count). The van der Waals surface area contributed by atoms with Crippen molar-refractivity contribution in [3.63, 3.8) is 0 Å². The minimum absolute atomic E-state index is 0.243. The number of allylic oxidation sites excluding steroid dienone is 1. The van der Waals surface area contributed by atoms with Gasteiger partial charge in [-0.25, -0.2) is 8.78 Å². The number of rotatable bonds is 7. The molecule has 0 radical (unpaired) electrons. The molecular formula is C9H16F2N2O. The monoisotopic (exact) mass is 206 g/mol. The number of hydrogen-bond donors (Lipinski definition) is 2. The van der Waals surface area contributed by atoms with E-state index in [0.29, 0.717) is 12.8 Å². The van der Waals surface area contributed by atoms with E-state index in [1.165, 1.54) is 0 Å². The van der Waals surface area contributed by atoms with Crippen molar-refractivity contribution in [2.75, 3.05) is 13.1 Å². The highest BCUT2D eigenvalue weighted by molar-refractivity contribution is 5.75. The van der Waals surface area contributed by atoms with E-state index in [1.807, 2.05) is 0 Å². The molecule has 0 aromatic carbocycles. The number of nitrogens with one attached hydrogen (secondary N) is 1. The second kappa shape index (κ2) is 6.48. The molecule has 5 heteroatoms. The van der Waals surface area contributed by atoms with Crippen LogP contribution in [0, 0.1) is 0 Å². The first kappa shape index (κ1) is 13.0. The van der Waals surface area contributed by atoms with Crippen LogP contribution in [0.2, 0.25) is 0 Å². The maximum absolute atomic E-state index is 12.5. The molecular weight excluding hydrogens is 190 g/mol. The number of hydrogen-bond acceptors (Lipinski definition) is 2. The third-order valence-electron chi connectivity index (χ3n) is 1.65. The molecule has 3 nitrogen and oxygen atoms in total. The van der Waals surface area contributed by atoms with Crippen molar-refractivity contribution in [3.8, 4) is 0 Å². The number of unbranched alkanes of at least 4 members (excludes halogenated alkanes) is 1. The summed E-state index contributed by atoms with van der Waals surface area (Å²) in [6, 6.07) is 0. The van der Waals surface area contributed by atoms with Gasteiger partial charge in [-0.05, 0) is 12.8 Å². The lowest BCUT2D eigenvalue weighted by Gasteiger charge is -2.14. The summed E-state index contributed by atoms with van der Waals surface area (Å²) in [7, 11) is 0. The molecule has 0 bridgehead atoms. The number of amides is 1. The van der Waals surface area contributed by atoms with Gasteiger partial charge in [-0.1, -0.05) is 6.08 Å². The number of halogens is 2. The molecule has 0 aromatic heterocycles. The van der Waals surface area contributed by atoms with Crippen LogP contribution in [0.1, 0.15) is 19.3 Å². The summed E-state index contributed by atoms with van der Waals surface area (Å²) >= 11 is 0. The molecule has 0 saturated carbocycles. The van der Waals surface area contributed by atoms with Gasteiger partial charge in [-0.3, -0.25) is 4.79 Å². The highest BCUT2D eigenvalue weighted by Crippen LogP contribution is 2.08. The summed E-state index contributed by atoms with van der Waals surface area (Å²) in [6.07, 6.45) is 3.26. The van der Waals surface area contributed by atoms with Crippen LogP contribution in [0.3, 0.4) is 0 Å². The average molecular weight is 206 g/mol. The van der Waals surface area contributed by atoms with Gasteiger partial charge in [0.1, 0.15) is 0 Å². The first-order valence-corrected chi connectivity index (χ1v) is 4.47. The van der Waals surface area contributed by atoms with Crippen molar-refractivity contribution < 1.29 is 13.6 Å². The number of nitrogens with two attached hydrogens (primary N) is 1. The van der Waals surface area contributed by atoms with Gasteiger partial charge in [-0.15, -0.1) is 6.58 Å². The van der Waals surface area contributed by atoms with Crippen LogP contribution in [0.15, 0.2) is 12.7 Å². The minimum Gasteiger partial charge on any atom is -0.350 e. The van der Waals surface area contributed by atoms with Crippen LogP contribution in [0.5, 0.6) is 0 Å². The molecule has 0 aliphatic heterocycles. The Kier molecular flexibility index (Phi) is 6.03. The van der Waals surface area contributed by atoms with Gasteiger partial charge in [0, 0.05) is 6.42 Å². The topological polar surface area (TPSA) is 55.1 Å². The van der Waals surface area contributed by atoms with E-state index in [2.05, 4.69) is 11.9 Å². The van der Waals surface area contributed by atoms with Crippen LogP contribution in [-0.2, 0) is 4.79 Å². The molecule has 0 aliphatic carbocycles. The Morgan fingerprint density at radius 3 is 2.71 bits per heavy atom. The predicted molar refractivity (Wildman–Crippen MR) is 51.1 cm³/mol. The molecule has 0 atom stereocenters. The largest absolute Gasteiger partial charge is 0.350 e. The zero-order valence-corrected chi connectivity index (χ0v) is 8.06. The number of carbonyl (C=O) groups is 1. The predicted octanol–water partition coefficient (Wildman–Crippen LogP) is 1.05. The van der Waals surface area contributed by atoms with Crippen molar-refractivity contribution >= 4 is 5.91 Å². The quantitative estimate of drug-likeness (QED) is 0.483. The molecule has 0 fully saturated rings. The highest BCUT2D eigenvalue weighted by atomic mass is 19.3. The zero-order chi connectivity index (χ0) is 11.0. The van der Waals surface area contributed by atoms with E-state index in [4.69, 9.17) is 5.73 Å². The van der Waals surface area contributed by atoms with Gasteiger partial charge < -0.3 is 11.1 Å². The van der Waals surface area contributed by atoms with E-state index in [-0.39, 0.29) is 12.3 Å². The second-order valence-electron chi connectivity index (χ2n) is 3.02. The van der Waals surface area contributed by atoms with E-state index in [9.17, 15) is 13.6 Å². The zero-order valence-electron chi connectivity index (χ0n) is 8.06. The fourth-order valence-corrected chi connectivity index (χ4v) is 0.795. The van der Waals surface area contributed by atoms with Crippen molar-refractivity contribution in [1.29, 1.82) is 0 Å². The Balaban J connectivity index is 3.58. The van der Waals surface area contributed by atoms with Crippen LogP contribution in [-0.4, -0.2) is 24.9 Å². The van der Waals surface area contributed by atoms with Gasteiger partial charge in [0.2, 0.25) is 5.91 Å². The standard InChI is InChI=1S/C9H16F2N2O/c1-2-3-4-5-8(14)13-7-9(10,11)6-12/h2H,1,3-7,12H2,(H,13,14). The van der Waals surface area contributed by atoms with Gasteiger partial charge in [0.25, 0.3) is 5.92 Å². The van der Waals surface area contributed by atoms with Crippen molar-refractivity contribution in [3.05, 3.63) is 12.7 Å². The summed E-state index contributed by atoms with van der Waals surface area (Å²) in [5, 5.41) is 2.13.